The van der Waals surface area contributed by atoms with E-state index in [-0.39, 0.29) is 11.8 Å². The smallest absolute Gasteiger partial charge is 0.236 e. The van der Waals surface area contributed by atoms with Crippen molar-refractivity contribution in [3.63, 3.8) is 0 Å². The van der Waals surface area contributed by atoms with E-state index in [0.717, 1.165) is 44.0 Å². The molecular weight excluding hydrogens is 326 g/mol. The van der Waals surface area contributed by atoms with Gasteiger partial charge in [0.2, 0.25) is 5.91 Å². The van der Waals surface area contributed by atoms with Crippen molar-refractivity contribution in [2.24, 2.45) is 5.92 Å². The van der Waals surface area contributed by atoms with Gasteiger partial charge < -0.3 is 10.6 Å². The van der Waals surface area contributed by atoms with Crippen LogP contribution in [0.3, 0.4) is 0 Å². The van der Waals surface area contributed by atoms with Crippen LogP contribution >= 0.6 is 0 Å². The predicted molar refractivity (Wildman–Crippen MR) is 101 cm³/mol. The minimum atomic E-state index is 0.00672. The molecule has 0 saturated carbocycles. The van der Waals surface area contributed by atoms with Crippen molar-refractivity contribution in [3.8, 4) is 0 Å². The molecule has 2 aliphatic heterocycles. The Kier molecular flexibility index (Phi) is 5.22. The number of nitrogens with one attached hydrogen (secondary N) is 2. The molecule has 1 aromatic heterocycles. The number of hydrogen-bond donors (Lipinski definition) is 2. The molecule has 0 unspecified atom stereocenters. The van der Waals surface area contributed by atoms with Crippen LogP contribution in [-0.4, -0.2) is 42.3 Å². The van der Waals surface area contributed by atoms with Crippen molar-refractivity contribution in [3.05, 3.63) is 48.3 Å². The van der Waals surface area contributed by atoms with E-state index in [1.807, 2.05) is 6.07 Å². The van der Waals surface area contributed by atoms with Gasteiger partial charge in [-0.25, -0.2) is 0 Å². The summed E-state index contributed by atoms with van der Waals surface area (Å²) in [5, 5.41) is 14.5. The first kappa shape index (κ1) is 17.1. The fourth-order valence-electron chi connectivity index (χ4n) is 3.92. The fraction of sp³-hybridized carbons (Fsp3) is 0.450. The van der Waals surface area contributed by atoms with E-state index in [9.17, 15) is 4.79 Å². The average Bonchev–Trinajstić information content (AvgIpc) is 3.25. The summed E-state index contributed by atoms with van der Waals surface area (Å²) in [5.41, 5.74) is 3.03. The molecule has 2 fully saturated rings. The first-order chi connectivity index (χ1) is 12.8. The summed E-state index contributed by atoms with van der Waals surface area (Å²) < 4.78 is 0. The van der Waals surface area contributed by atoms with Crippen molar-refractivity contribution < 1.29 is 4.79 Å². The third kappa shape index (κ3) is 3.61. The van der Waals surface area contributed by atoms with Gasteiger partial charge in [-0.1, -0.05) is 12.1 Å². The van der Waals surface area contributed by atoms with Crippen LogP contribution in [0.1, 0.15) is 30.7 Å². The van der Waals surface area contributed by atoms with Crippen LogP contribution < -0.4 is 15.5 Å². The zero-order valence-electron chi connectivity index (χ0n) is 14.9. The summed E-state index contributed by atoms with van der Waals surface area (Å²) in [6.07, 6.45) is 6.50. The van der Waals surface area contributed by atoms with Gasteiger partial charge in [0.15, 0.2) is 0 Å². The van der Waals surface area contributed by atoms with Gasteiger partial charge in [0, 0.05) is 12.2 Å². The molecule has 1 amide bonds. The second kappa shape index (κ2) is 7.93. The third-order valence-corrected chi connectivity index (χ3v) is 5.42. The second-order valence-electron chi connectivity index (χ2n) is 7.08. The number of carbonyl (C=O) groups is 1. The zero-order valence-corrected chi connectivity index (χ0v) is 14.9. The number of piperidine rings is 1. The maximum atomic E-state index is 13.2. The Morgan fingerprint density at radius 1 is 0.923 bits per heavy atom. The van der Waals surface area contributed by atoms with Gasteiger partial charge in [-0.3, -0.25) is 9.69 Å². The van der Waals surface area contributed by atoms with Gasteiger partial charge in [-0.15, -0.1) is 0 Å². The third-order valence-electron chi connectivity index (χ3n) is 5.42. The highest BCUT2D eigenvalue weighted by Gasteiger charge is 2.29. The van der Waals surface area contributed by atoms with Crippen molar-refractivity contribution in [1.29, 1.82) is 0 Å². The lowest BCUT2D eigenvalue weighted by Gasteiger charge is -2.27. The van der Waals surface area contributed by atoms with E-state index in [2.05, 4.69) is 45.1 Å². The summed E-state index contributed by atoms with van der Waals surface area (Å²) in [7, 11) is 0. The van der Waals surface area contributed by atoms with E-state index in [1.54, 1.807) is 17.3 Å². The summed E-state index contributed by atoms with van der Waals surface area (Å²) in [5.74, 6) is 0.737. The van der Waals surface area contributed by atoms with Crippen LogP contribution in [-0.2, 0) is 4.79 Å². The molecule has 6 heteroatoms. The van der Waals surface area contributed by atoms with Crippen molar-refractivity contribution in [2.75, 3.05) is 31.1 Å². The molecule has 0 spiro atoms. The number of benzene rings is 1. The largest absolute Gasteiger partial charge is 0.317 e. The fourth-order valence-corrected chi connectivity index (χ4v) is 3.92. The number of rotatable bonds is 4. The first-order valence-electron chi connectivity index (χ1n) is 9.45. The zero-order chi connectivity index (χ0) is 17.8. The molecule has 2 aliphatic rings. The molecule has 4 rings (SSSR count). The van der Waals surface area contributed by atoms with Gasteiger partial charge in [0.05, 0.1) is 24.0 Å². The molecule has 1 aromatic carbocycles. The molecule has 6 nitrogen and oxygen atoms in total. The highest BCUT2D eigenvalue weighted by Crippen LogP contribution is 2.31. The van der Waals surface area contributed by atoms with Crippen LogP contribution in [0.5, 0.6) is 0 Å². The van der Waals surface area contributed by atoms with Crippen LogP contribution in [0.4, 0.5) is 11.4 Å². The summed E-state index contributed by atoms with van der Waals surface area (Å²) in [6.45, 7) is 3.79. The Bertz CT molecular complexity index is 722. The molecule has 0 aliphatic carbocycles. The summed E-state index contributed by atoms with van der Waals surface area (Å²) in [6, 6.07) is 10.3. The average molecular weight is 351 g/mol. The number of hydrogen-bond acceptors (Lipinski definition) is 5. The monoisotopic (exact) mass is 351 g/mol. The first-order valence-corrected chi connectivity index (χ1v) is 9.45. The van der Waals surface area contributed by atoms with Crippen LogP contribution in [0.25, 0.3) is 0 Å². The minimum Gasteiger partial charge on any atom is -0.317 e. The van der Waals surface area contributed by atoms with Gasteiger partial charge in [-0.05, 0) is 68.6 Å². The normalized spacial score (nSPS) is 20.8. The van der Waals surface area contributed by atoms with Crippen molar-refractivity contribution in [2.45, 2.75) is 25.2 Å². The number of amides is 1. The lowest BCUT2D eigenvalue weighted by atomic mass is 9.90. The Morgan fingerprint density at radius 2 is 1.69 bits per heavy atom. The molecule has 2 N–H and O–H groups in total. The van der Waals surface area contributed by atoms with E-state index in [4.69, 9.17) is 0 Å². The van der Waals surface area contributed by atoms with Gasteiger partial charge in [0.1, 0.15) is 0 Å². The SMILES string of the molecule is O=C([C@H]1CCNC1)N(c1ccc(C2CCNCC2)cc1)c1ccnnc1. The molecule has 2 aromatic rings. The quantitative estimate of drug-likeness (QED) is 0.884. The molecule has 1 atom stereocenters. The van der Waals surface area contributed by atoms with Crippen molar-refractivity contribution in [1.82, 2.24) is 20.8 Å². The van der Waals surface area contributed by atoms with E-state index < -0.39 is 0 Å². The topological polar surface area (TPSA) is 70.2 Å². The number of nitrogens with zero attached hydrogens (tertiary/aromatic N) is 3. The number of anilines is 2. The Labute approximate surface area is 154 Å². The highest BCUT2D eigenvalue weighted by atomic mass is 16.2. The standard InChI is InChI=1S/C20H25N5O/c26-20(17-7-11-22-13-17)25(19-8-12-23-24-14-19)18-3-1-15(2-4-18)16-5-9-21-10-6-16/h1-4,8,12,14,16-17,21-22H,5-7,9-11,13H2/t17-/m0/s1. The maximum Gasteiger partial charge on any atom is 0.236 e. The molecule has 2 saturated heterocycles. The van der Waals surface area contributed by atoms with Crippen LogP contribution in [0, 0.1) is 5.92 Å². The van der Waals surface area contributed by atoms with E-state index in [0.29, 0.717) is 5.92 Å². The highest BCUT2D eigenvalue weighted by molar-refractivity contribution is 6.01. The van der Waals surface area contributed by atoms with E-state index >= 15 is 0 Å². The molecule has 136 valence electrons. The van der Waals surface area contributed by atoms with Gasteiger partial charge in [0.25, 0.3) is 0 Å². The molecule has 0 bridgehead atoms. The Morgan fingerprint density at radius 3 is 2.35 bits per heavy atom. The van der Waals surface area contributed by atoms with Gasteiger partial charge in [-0.2, -0.15) is 10.2 Å². The van der Waals surface area contributed by atoms with Crippen LogP contribution in [0.2, 0.25) is 0 Å². The minimum absolute atomic E-state index is 0.00672. The molecule has 26 heavy (non-hydrogen) atoms. The molecule has 0 radical (unpaired) electrons. The van der Waals surface area contributed by atoms with E-state index in [1.165, 1.54) is 18.4 Å². The van der Waals surface area contributed by atoms with Crippen molar-refractivity contribution >= 4 is 17.3 Å². The van der Waals surface area contributed by atoms with Gasteiger partial charge >= 0.3 is 0 Å². The lowest BCUT2D eigenvalue weighted by Crippen LogP contribution is -2.33. The number of carbonyl (C=O) groups excluding carboxylic acids is 1. The summed E-state index contributed by atoms with van der Waals surface area (Å²) >= 11 is 0. The Hall–Kier alpha value is -2.31. The molecule has 3 heterocycles. The summed E-state index contributed by atoms with van der Waals surface area (Å²) in [4.78, 5) is 15.0. The number of aromatic nitrogens is 2. The molecular formula is C20H25N5O. The second-order valence-corrected chi connectivity index (χ2v) is 7.08. The lowest BCUT2D eigenvalue weighted by molar-refractivity contribution is -0.121. The van der Waals surface area contributed by atoms with Crippen LogP contribution in [0.15, 0.2) is 42.7 Å². The maximum absolute atomic E-state index is 13.2. The predicted octanol–water partition coefficient (Wildman–Crippen LogP) is 2.22. The Balaban J connectivity index is 1.61.